The molecular weight excluding hydrogens is 346 g/mol. The first-order chi connectivity index (χ1) is 13.2. The average Bonchev–Trinajstić information content (AvgIpc) is 3.03. The summed E-state index contributed by atoms with van der Waals surface area (Å²) < 4.78 is 12.0. The quantitative estimate of drug-likeness (QED) is 0.705. The van der Waals surface area contributed by atoms with Crippen molar-refractivity contribution in [3.8, 4) is 5.75 Å². The zero-order chi connectivity index (χ0) is 18.8. The molecule has 0 unspecified atom stereocenters. The lowest BCUT2D eigenvalue weighted by atomic mass is 10.2. The second-order valence-electron chi connectivity index (χ2n) is 6.46. The monoisotopic (exact) mass is 367 g/mol. The van der Waals surface area contributed by atoms with Crippen LogP contribution in [-0.4, -0.2) is 48.7 Å². The Bertz CT molecular complexity index is 1020. The van der Waals surface area contributed by atoms with Crippen molar-refractivity contribution >= 4 is 22.7 Å². The van der Waals surface area contributed by atoms with Gasteiger partial charge in [-0.25, -0.2) is 4.79 Å². The highest BCUT2D eigenvalue weighted by Gasteiger charge is 2.24. The van der Waals surface area contributed by atoms with E-state index in [1.807, 2.05) is 30.3 Å². The number of piperazine rings is 1. The fourth-order valence-electron chi connectivity index (χ4n) is 3.49. The predicted octanol–water partition coefficient (Wildman–Crippen LogP) is 1.95. The number of aromatic nitrogens is 1. The first-order valence-electron chi connectivity index (χ1n) is 8.91. The van der Waals surface area contributed by atoms with E-state index in [1.165, 1.54) is 4.57 Å². The number of anilines is 1. The first-order valence-corrected chi connectivity index (χ1v) is 8.91. The van der Waals surface area contributed by atoms with Gasteiger partial charge in [0.25, 0.3) is 0 Å². The number of fused-ring (bicyclic) bond motifs is 1. The molecule has 2 heterocycles. The number of hydrogen-bond acceptors (Lipinski definition) is 5. The Morgan fingerprint density at radius 2 is 1.74 bits per heavy atom. The fraction of sp³-hybridized carbons (Fsp3) is 0.300. The topological polar surface area (TPSA) is 67.9 Å². The van der Waals surface area contributed by atoms with E-state index in [4.69, 9.17) is 9.15 Å². The van der Waals surface area contributed by atoms with Gasteiger partial charge in [-0.1, -0.05) is 24.3 Å². The van der Waals surface area contributed by atoms with Gasteiger partial charge in [0.15, 0.2) is 5.58 Å². The van der Waals surface area contributed by atoms with Crippen molar-refractivity contribution in [2.24, 2.45) is 0 Å². The van der Waals surface area contributed by atoms with Gasteiger partial charge in [-0.05, 0) is 24.3 Å². The number of carbonyl (C=O) groups is 1. The highest BCUT2D eigenvalue weighted by atomic mass is 16.5. The molecule has 0 atom stereocenters. The van der Waals surface area contributed by atoms with E-state index in [1.54, 1.807) is 30.2 Å². The summed E-state index contributed by atoms with van der Waals surface area (Å²) >= 11 is 0. The van der Waals surface area contributed by atoms with Crippen LogP contribution in [0.25, 0.3) is 11.1 Å². The van der Waals surface area contributed by atoms with Crippen LogP contribution in [0.2, 0.25) is 0 Å². The number of oxazole rings is 1. The van der Waals surface area contributed by atoms with Crippen LogP contribution in [0.15, 0.2) is 57.7 Å². The minimum absolute atomic E-state index is 0.00942. The van der Waals surface area contributed by atoms with Crippen molar-refractivity contribution in [1.29, 1.82) is 0 Å². The molecule has 0 aliphatic carbocycles. The SMILES string of the molecule is COc1ccccc1N1CCN(C(=O)Cn2c(=O)oc3ccccc32)CC1. The van der Waals surface area contributed by atoms with Crippen LogP contribution in [-0.2, 0) is 11.3 Å². The standard InChI is InChI=1S/C20H21N3O4/c1-26-17-8-4-2-6-15(17)21-10-12-22(13-11-21)19(24)14-23-16-7-3-5-9-18(16)27-20(23)25/h2-9H,10-14H2,1H3. The molecule has 0 N–H and O–H groups in total. The van der Waals surface area contributed by atoms with E-state index in [2.05, 4.69) is 4.90 Å². The molecule has 1 fully saturated rings. The maximum absolute atomic E-state index is 12.7. The Morgan fingerprint density at radius 3 is 2.52 bits per heavy atom. The number of ether oxygens (including phenoxy) is 1. The van der Waals surface area contributed by atoms with Crippen LogP contribution < -0.4 is 15.4 Å². The Labute approximate surface area is 156 Å². The van der Waals surface area contributed by atoms with Crippen molar-refractivity contribution in [2.45, 2.75) is 6.54 Å². The summed E-state index contributed by atoms with van der Waals surface area (Å²) in [6, 6.07) is 15.0. The normalized spacial score (nSPS) is 14.6. The number of nitrogens with zero attached hydrogens (tertiary/aromatic N) is 3. The fourth-order valence-corrected chi connectivity index (χ4v) is 3.49. The van der Waals surface area contributed by atoms with Crippen LogP contribution >= 0.6 is 0 Å². The summed E-state index contributed by atoms with van der Waals surface area (Å²) in [6.07, 6.45) is 0. The highest BCUT2D eigenvalue weighted by Crippen LogP contribution is 2.28. The molecule has 140 valence electrons. The average molecular weight is 367 g/mol. The largest absolute Gasteiger partial charge is 0.495 e. The second-order valence-corrected chi connectivity index (χ2v) is 6.46. The maximum Gasteiger partial charge on any atom is 0.420 e. The number of hydrogen-bond donors (Lipinski definition) is 0. The van der Waals surface area contributed by atoms with Crippen molar-refractivity contribution in [3.05, 3.63) is 59.1 Å². The number of carbonyl (C=O) groups excluding carboxylic acids is 1. The Morgan fingerprint density at radius 1 is 1.04 bits per heavy atom. The number of para-hydroxylation sites is 4. The van der Waals surface area contributed by atoms with Crippen LogP contribution in [0.4, 0.5) is 5.69 Å². The Hall–Kier alpha value is -3.22. The molecule has 4 rings (SSSR count). The van der Waals surface area contributed by atoms with Gasteiger partial charge in [0, 0.05) is 26.2 Å². The third kappa shape index (κ3) is 3.28. The zero-order valence-electron chi connectivity index (χ0n) is 15.1. The van der Waals surface area contributed by atoms with Gasteiger partial charge in [-0.2, -0.15) is 0 Å². The molecule has 7 nitrogen and oxygen atoms in total. The second kappa shape index (κ2) is 7.19. The van der Waals surface area contributed by atoms with Crippen LogP contribution in [0.1, 0.15) is 0 Å². The van der Waals surface area contributed by atoms with Gasteiger partial charge in [-0.3, -0.25) is 9.36 Å². The molecule has 7 heteroatoms. The Kier molecular flexibility index (Phi) is 4.58. The summed E-state index contributed by atoms with van der Waals surface area (Å²) in [4.78, 5) is 28.8. The van der Waals surface area contributed by atoms with E-state index in [9.17, 15) is 9.59 Å². The summed E-state index contributed by atoms with van der Waals surface area (Å²) in [7, 11) is 1.66. The van der Waals surface area contributed by atoms with Crippen molar-refractivity contribution in [3.63, 3.8) is 0 Å². The number of rotatable bonds is 4. The van der Waals surface area contributed by atoms with E-state index in [0.29, 0.717) is 37.3 Å². The molecular formula is C20H21N3O4. The highest BCUT2D eigenvalue weighted by molar-refractivity contribution is 5.80. The Balaban J connectivity index is 1.44. The summed E-state index contributed by atoms with van der Waals surface area (Å²) in [5.41, 5.74) is 2.17. The van der Waals surface area contributed by atoms with Crippen molar-refractivity contribution in [2.75, 3.05) is 38.2 Å². The third-order valence-electron chi connectivity index (χ3n) is 4.93. The van der Waals surface area contributed by atoms with E-state index >= 15 is 0 Å². The molecule has 0 spiro atoms. The smallest absolute Gasteiger partial charge is 0.420 e. The van der Waals surface area contributed by atoms with E-state index < -0.39 is 5.76 Å². The molecule has 3 aromatic rings. The van der Waals surface area contributed by atoms with Gasteiger partial charge in [0.05, 0.1) is 18.3 Å². The van der Waals surface area contributed by atoms with Crippen LogP contribution in [0, 0.1) is 0 Å². The molecule has 0 saturated carbocycles. The van der Waals surface area contributed by atoms with E-state index in [0.717, 1.165) is 11.4 Å². The number of amides is 1. The molecule has 1 aliphatic rings. The predicted molar refractivity (Wildman–Crippen MR) is 102 cm³/mol. The van der Waals surface area contributed by atoms with E-state index in [-0.39, 0.29) is 12.5 Å². The molecule has 1 amide bonds. The minimum atomic E-state index is -0.503. The van der Waals surface area contributed by atoms with Gasteiger partial charge in [0.1, 0.15) is 12.3 Å². The van der Waals surface area contributed by atoms with Gasteiger partial charge in [-0.15, -0.1) is 0 Å². The first kappa shape index (κ1) is 17.2. The van der Waals surface area contributed by atoms with Crippen molar-refractivity contribution in [1.82, 2.24) is 9.47 Å². The summed E-state index contributed by atoms with van der Waals surface area (Å²) in [5, 5.41) is 0. The lowest BCUT2D eigenvalue weighted by Crippen LogP contribution is -2.50. The summed E-state index contributed by atoms with van der Waals surface area (Å²) in [5.74, 6) is 0.245. The zero-order valence-corrected chi connectivity index (χ0v) is 15.1. The minimum Gasteiger partial charge on any atom is -0.495 e. The maximum atomic E-state index is 12.7. The third-order valence-corrected chi connectivity index (χ3v) is 4.93. The van der Waals surface area contributed by atoms with Gasteiger partial charge in [0.2, 0.25) is 5.91 Å². The van der Waals surface area contributed by atoms with Crippen molar-refractivity contribution < 1.29 is 13.9 Å². The van der Waals surface area contributed by atoms with Crippen LogP contribution in [0.5, 0.6) is 5.75 Å². The molecule has 0 bridgehead atoms. The molecule has 2 aromatic carbocycles. The number of benzene rings is 2. The molecule has 1 saturated heterocycles. The molecule has 27 heavy (non-hydrogen) atoms. The number of methoxy groups -OCH3 is 1. The molecule has 0 radical (unpaired) electrons. The molecule has 1 aromatic heterocycles. The summed E-state index contributed by atoms with van der Waals surface area (Å²) in [6.45, 7) is 2.62. The van der Waals surface area contributed by atoms with Crippen LogP contribution in [0.3, 0.4) is 0 Å². The molecule has 1 aliphatic heterocycles. The lowest BCUT2D eigenvalue weighted by molar-refractivity contribution is -0.132. The van der Waals surface area contributed by atoms with Gasteiger partial charge < -0.3 is 19.0 Å². The van der Waals surface area contributed by atoms with Gasteiger partial charge >= 0.3 is 5.76 Å². The lowest BCUT2D eigenvalue weighted by Gasteiger charge is -2.36.